The van der Waals surface area contributed by atoms with E-state index in [4.69, 9.17) is 5.73 Å². The topological polar surface area (TPSA) is 76.5 Å². The van der Waals surface area contributed by atoms with Crippen molar-refractivity contribution in [3.8, 4) is 0 Å². The SMILES string of the molecule is C=C(CC)/C(=N\N=C(/N)c1ccc(C)cn1)c1ccccn1. The third-order valence-corrected chi connectivity index (χ3v) is 3.10. The number of aryl methyl sites for hydroxylation is 1. The van der Waals surface area contributed by atoms with Gasteiger partial charge in [-0.05, 0) is 42.7 Å². The van der Waals surface area contributed by atoms with Gasteiger partial charge in [-0.15, -0.1) is 10.2 Å². The van der Waals surface area contributed by atoms with Crippen LogP contribution in [0.2, 0.25) is 0 Å². The largest absolute Gasteiger partial charge is 0.380 e. The Bertz CT molecular complexity index is 700. The van der Waals surface area contributed by atoms with Gasteiger partial charge in [0.05, 0.1) is 5.69 Å². The quantitative estimate of drug-likeness (QED) is 0.523. The van der Waals surface area contributed by atoms with Gasteiger partial charge in [0.2, 0.25) is 0 Å². The van der Waals surface area contributed by atoms with Crippen molar-refractivity contribution in [2.24, 2.45) is 15.9 Å². The zero-order chi connectivity index (χ0) is 15.9. The summed E-state index contributed by atoms with van der Waals surface area (Å²) in [6, 6.07) is 9.37. The molecule has 0 saturated carbocycles. The van der Waals surface area contributed by atoms with E-state index < -0.39 is 0 Å². The summed E-state index contributed by atoms with van der Waals surface area (Å²) < 4.78 is 0. The zero-order valence-corrected chi connectivity index (χ0v) is 12.8. The van der Waals surface area contributed by atoms with Gasteiger partial charge in [-0.1, -0.05) is 25.6 Å². The fourth-order valence-corrected chi connectivity index (χ4v) is 1.75. The number of pyridine rings is 2. The van der Waals surface area contributed by atoms with Crippen LogP contribution in [0.5, 0.6) is 0 Å². The minimum absolute atomic E-state index is 0.261. The van der Waals surface area contributed by atoms with Gasteiger partial charge in [-0.2, -0.15) is 0 Å². The Labute approximate surface area is 130 Å². The molecule has 0 aliphatic carbocycles. The molecule has 0 aliphatic rings. The van der Waals surface area contributed by atoms with E-state index in [9.17, 15) is 0 Å². The Morgan fingerprint density at radius 2 is 1.95 bits per heavy atom. The summed E-state index contributed by atoms with van der Waals surface area (Å²) in [5.41, 5.74) is 9.82. The van der Waals surface area contributed by atoms with E-state index in [-0.39, 0.29) is 5.84 Å². The Morgan fingerprint density at radius 3 is 2.55 bits per heavy atom. The highest BCUT2D eigenvalue weighted by molar-refractivity contribution is 6.11. The van der Waals surface area contributed by atoms with Gasteiger partial charge in [-0.25, -0.2) is 0 Å². The summed E-state index contributed by atoms with van der Waals surface area (Å²) in [4.78, 5) is 8.52. The second-order valence-electron chi connectivity index (χ2n) is 4.83. The van der Waals surface area contributed by atoms with Crippen LogP contribution >= 0.6 is 0 Å². The molecule has 0 spiro atoms. The Kier molecular flexibility index (Phi) is 5.14. The van der Waals surface area contributed by atoms with Crippen molar-refractivity contribution in [1.82, 2.24) is 9.97 Å². The molecular formula is C17H19N5. The van der Waals surface area contributed by atoms with Gasteiger partial charge in [0.1, 0.15) is 11.4 Å². The standard InChI is InChI=1S/C17H19N5/c1-4-13(3)16(14-7-5-6-10-19-14)21-22-17(18)15-9-8-12(2)11-20-15/h5-11H,3-4H2,1-2H3,(H2,18,22)/b21-16+. The average molecular weight is 293 g/mol. The van der Waals surface area contributed by atoms with E-state index in [0.29, 0.717) is 11.4 Å². The maximum Gasteiger partial charge on any atom is 0.172 e. The van der Waals surface area contributed by atoms with Crippen LogP contribution in [0.4, 0.5) is 0 Å². The van der Waals surface area contributed by atoms with Gasteiger partial charge < -0.3 is 5.73 Å². The Morgan fingerprint density at radius 1 is 1.14 bits per heavy atom. The first-order chi connectivity index (χ1) is 10.6. The number of nitrogens with two attached hydrogens (primary N) is 1. The van der Waals surface area contributed by atoms with Gasteiger partial charge in [0.25, 0.3) is 0 Å². The summed E-state index contributed by atoms with van der Waals surface area (Å²) >= 11 is 0. The molecule has 5 nitrogen and oxygen atoms in total. The summed E-state index contributed by atoms with van der Waals surface area (Å²) in [6.07, 6.45) is 4.21. The minimum Gasteiger partial charge on any atom is -0.380 e. The summed E-state index contributed by atoms with van der Waals surface area (Å²) in [5.74, 6) is 0.261. The first kappa shape index (κ1) is 15.6. The zero-order valence-electron chi connectivity index (χ0n) is 12.8. The van der Waals surface area contributed by atoms with Crippen LogP contribution in [0.15, 0.2) is 65.1 Å². The third kappa shape index (κ3) is 3.85. The molecule has 0 unspecified atom stereocenters. The van der Waals surface area contributed by atoms with Crippen molar-refractivity contribution in [2.75, 3.05) is 0 Å². The smallest absolute Gasteiger partial charge is 0.172 e. The van der Waals surface area contributed by atoms with E-state index in [0.717, 1.165) is 23.3 Å². The van der Waals surface area contributed by atoms with Crippen molar-refractivity contribution < 1.29 is 0 Å². The van der Waals surface area contributed by atoms with Gasteiger partial charge >= 0.3 is 0 Å². The van der Waals surface area contributed by atoms with Crippen molar-refractivity contribution in [3.05, 3.63) is 71.8 Å². The van der Waals surface area contributed by atoms with Crippen molar-refractivity contribution >= 4 is 11.5 Å². The second kappa shape index (κ2) is 7.26. The molecule has 2 aromatic rings. The molecule has 0 fully saturated rings. The van der Waals surface area contributed by atoms with Crippen molar-refractivity contribution in [2.45, 2.75) is 20.3 Å². The molecule has 0 aromatic carbocycles. The van der Waals surface area contributed by atoms with Crippen molar-refractivity contribution in [3.63, 3.8) is 0 Å². The monoisotopic (exact) mass is 293 g/mol. The molecule has 0 saturated heterocycles. The molecule has 5 heteroatoms. The van der Waals surface area contributed by atoms with Crippen LogP contribution in [0, 0.1) is 6.92 Å². The highest BCUT2D eigenvalue weighted by Crippen LogP contribution is 2.09. The van der Waals surface area contributed by atoms with Crippen molar-refractivity contribution in [1.29, 1.82) is 0 Å². The maximum absolute atomic E-state index is 5.94. The number of hydrogen-bond acceptors (Lipinski definition) is 4. The first-order valence-corrected chi connectivity index (χ1v) is 7.05. The number of nitrogens with zero attached hydrogens (tertiary/aromatic N) is 4. The minimum atomic E-state index is 0.261. The molecule has 0 aliphatic heterocycles. The number of rotatable bonds is 5. The molecule has 0 atom stereocenters. The van der Waals surface area contributed by atoms with Crippen LogP contribution in [0.3, 0.4) is 0 Å². The molecule has 2 rings (SSSR count). The molecule has 2 N–H and O–H groups in total. The van der Waals surface area contributed by atoms with E-state index >= 15 is 0 Å². The van der Waals surface area contributed by atoms with Crippen LogP contribution in [0.25, 0.3) is 0 Å². The van der Waals surface area contributed by atoms with Crippen LogP contribution in [-0.4, -0.2) is 21.5 Å². The van der Waals surface area contributed by atoms with Gasteiger partial charge in [0.15, 0.2) is 5.84 Å². The van der Waals surface area contributed by atoms with Crippen LogP contribution in [0.1, 0.15) is 30.3 Å². The molecule has 2 aromatic heterocycles. The normalized spacial score (nSPS) is 12.3. The van der Waals surface area contributed by atoms with E-state index in [1.807, 2.05) is 44.2 Å². The third-order valence-electron chi connectivity index (χ3n) is 3.10. The highest BCUT2D eigenvalue weighted by atomic mass is 15.2. The lowest BCUT2D eigenvalue weighted by molar-refractivity contribution is 1.12. The molecule has 22 heavy (non-hydrogen) atoms. The molecule has 0 bridgehead atoms. The van der Waals surface area contributed by atoms with Crippen LogP contribution < -0.4 is 5.73 Å². The van der Waals surface area contributed by atoms with E-state index in [2.05, 4.69) is 26.7 Å². The summed E-state index contributed by atoms with van der Waals surface area (Å²) in [5, 5.41) is 8.33. The Hall–Kier alpha value is -2.82. The maximum atomic E-state index is 5.94. The molecule has 0 radical (unpaired) electrons. The molecule has 0 amide bonds. The lowest BCUT2D eigenvalue weighted by Gasteiger charge is -2.05. The average Bonchev–Trinajstić information content (AvgIpc) is 2.56. The van der Waals surface area contributed by atoms with E-state index in [1.54, 1.807) is 12.4 Å². The summed E-state index contributed by atoms with van der Waals surface area (Å²) in [6.45, 7) is 7.99. The number of amidine groups is 1. The van der Waals surface area contributed by atoms with Gasteiger partial charge in [-0.3, -0.25) is 9.97 Å². The number of aromatic nitrogens is 2. The molecular weight excluding hydrogens is 274 g/mol. The fourth-order valence-electron chi connectivity index (χ4n) is 1.75. The summed E-state index contributed by atoms with van der Waals surface area (Å²) in [7, 11) is 0. The number of allylic oxidation sites excluding steroid dienone is 1. The molecule has 2 heterocycles. The lowest BCUT2D eigenvalue weighted by atomic mass is 10.1. The predicted molar refractivity (Wildman–Crippen MR) is 89.9 cm³/mol. The van der Waals surface area contributed by atoms with Gasteiger partial charge in [0, 0.05) is 12.4 Å². The number of hydrogen-bond donors (Lipinski definition) is 1. The van der Waals surface area contributed by atoms with Crippen LogP contribution in [-0.2, 0) is 0 Å². The first-order valence-electron chi connectivity index (χ1n) is 7.05. The molecule has 112 valence electrons. The second-order valence-corrected chi connectivity index (χ2v) is 4.83. The predicted octanol–water partition coefficient (Wildman–Crippen LogP) is 2.86. The lowest BCUT2D eigenvalue weighted by Crippen LogP contribution is -2.15. The van der Waals surface area contributed by atoms with E-state index in [1.165, 1.54) is 0 Å². The fraction of sp³-hybridized carbons (Fsp3) is 0.176. The highest BCUT2D eigenvalue weighted by Gasteiger charge is 2.08. The Balaban J connectivity index is 2.35.